The van der Waals surface area contributed by atoms with Gasteiger partial charge >= 0.3 is 0 Å². The molecule has 140 valence electrons. The van der Waals surface area contributed by atoms with E-state index in [4.69, 9.17) is 0 Å². The number of hydrogen-bond acceptors (Lipinski definition) is 3. The lowest BCUT2D eigenvalue weighted by Gasteiger charge is -2.14. The molecule has 0 aliphatic rings. The lowest BCUT2D eigenvalue weighted by Crippen LogP contribution is -2.40. The number of rotatable bonds is 9. The van der Waals surface area contributed by atoms with Gasteiger partial charge in [0.25, 0.3) is 0 Å². The van der Waals surface area contributed by atoms with Crippen LogP contribution in [-0.4, -0.2) is 60.3 Å². The lowest BCUT2D eigenvalue weighted by atomic mass is 10.1. The normalized spacial score (nSPS) is 11.2. The molecular formula is C19H28N6O. The Morgan fingerprint density at radius 2 is 1.92 bits per heavy atom. The topological polar surface area (TPSA) is 74.5 Å². The van der Waals surface area contributed by atoms with Gasteiger partial charge in [-0.2, -0.15) is 5.10 Å². The van der Waals surface area contributed by atoms with Gasteiger partial charge in [-0.05, 0) is 24.5 Å². The van der Waals surface area contributed by atoms with E-state index in [1.807, 2.05) is 35.1 Å². The summed E-state index contributed by atoms with van der Waals surface area (Å²) >= 11 is 0. The zero-order valence-corrected chi connectivity index (χ0v) is 15.6. The second-order valence-corrected chi connectivity index (χ2v) is 6.16. The molecule has 0 bridgehead atoms. The number of likely N-dealkylation sites (N-methyl/N-ethyl adjacent to an activating group) is 1. The second kappa shape index (κ2) is 10.9. The smallest absolute Gasteiger partial charge is 0.243 e. The van der Waals surface area contributed by atoms with Crippen LogP contribution in [0.15, 0.2) is 53.8 Å². The quantitative estimate of drug-likeness (QED) is 0.401. The van der Waals surface area contributed by atoms with Crippen molar-refractivity contribution in [3.63, 3.8) is 0 Å². The summed E-state index contributed by atoms with van der Waals surface area (Å²) in [6, 6.07) is 12.2. The first-order valence-electron chi connectivity index (χ1n) is 8.89. The summed E-state index contributed by atoms with van der Waals surface area (Å²) in [5, 5.41) is 10.8. The molecule has 0 radical (unpaired) electrons. The third-order valence-corrected chi connectivity index (χ3v) is 3.84. The lowest BCUT2D eigenvalue weighted by molar-refractivity contribution is -0.127. The average Bonchev–Trinajstić information content (AvgIpc) is 3.16. The van der Waals surface area contributed by atoms with E-state index in [0.717, 1.165) is 32.5 Å². The number of carbonyl (C=O) groups is 1. The fourth-order valence-corrected chi connectivity index (χ4v) is 2.31. The molecule has 0 saturated heterocycles. The Balaban J connectivity index is 1.79. The summed E-state index contributed by atoms with van der Waals surface area (Å²) < 4.78 is 1.90. The van der Waals surface area contributed by atoms with Crippen molar-refractivity contribution in [2.75, 3.05) is 33.7 Å². The second-order valence-electron chi connectivity index (χ2n) is 6.16. The molecule has 0 aliphatic heterocycles. The molecule has 2 N–H and O–H groups in total. The molecule has 2 aromatic rings. The Morgan fingerprint density at radius 3 is 2.62 bits per heavy atom. The van der Waals surface area contributed by atoms with Crippen molar-refractivity contribution in [2.45, 2.75) is 19.4 Å². The Kier molecular flexibility index (Phi) is 8.18. The summed E-state index contributed by atoms with van der Waals surface area (Å²) in [5.74, 6) is 0.641. The highest BCUT2D eigenvalue weighted by Gasteiger charge is 2.04. The van der Waals surface area contributed by atoms with Gasteiger partial charge in [0.05, 0.1) is 0 Å². The van der Waals surface area contributed by atoms with Crippen LogP contribution in [0.1, 0.15) is 12.0 Å². The van der Waals surface area contributed by atoms with Crippen molar-refractivity contribution >= 4 is 11.9 Å². The molecule has 2 rings (SSSR count). The molecule has 1 amide bonds. The van der Waals surface area contributed by atoms with Gasteiger partial charge in [0.1, 0.15) is 6.54 Å². The molecule has 0 spiro atoms. The van der Waals surface area contributed by atoms with Gasteiger partial charge in [-0.25, -0.2) is 4.99 Å². The Hall–Kier alpha value is -2.83. The fourth-order valence-electron chi connectivity index (χ4n) is 2.31. The van der Waals surface area contributed by atoms with Crippen LogP contribution in [0.3, 0.4) is 0 Å². The number of carbonyl (C=O) groups excluding carboxylic acids is 1. The van der Waals surface area contributed by atoms with Crippen LogP contribution >= 0.6 is 0 Å². The molecule has 0 atom stereocenters. The number of aryl methyl sites for hydroxylation is 1. The van der Waals surface area contributed by atoms with Crippen LogP contribution in [0.5, 0.6) is 0 Å². The molecule has 1 heterocycles. The summed E-state index contributed by atoms with van der Waals surface area (Å²) in [7, 11) is 3.47. The fraction of sp³-hybridized carbons (Fsp3) is 0.421. The van der Waals surface area contributed by atoms with Crippen molar-refractivity contribution in [3.8, 4) is 0 Å². The number of benzene rings is 1. The van der Waals surface area contributed by atoms with Crippen molar-refractivity contribution in [1.29, 1.82) is 0 Å². The van der Waals surface area contributed by atoms with Crippen LogP contribution in [-0.2, 0) is 17.8 Å². The molecule has 0 fully saturated rings. The number of aliphatic imine (C=N–C) groups is 1. The monoisotopic (exact) mass is 356 g/mol. The molecule has 7 heteroatoms. The Labute approximate surface area is 155 Å². The van der Waals surface area contributed by atoms with Crippen molar-refractivity contribution in [3.05, 3.63) is 54.4 Å². The highest BCUT2D eigenvalue weighted by Crippen LogP contribution is 1.98. The van der Waals surface area contributed by atoms with E-state index in [1.165, 1.54) is 5.56 Å². The van der Waals surface area contributed by atoms with Crippen molar-refractivity contribution < 1.29 is 4.79 Å². The predicted octanol–water partition coefficient (Wildman–Crippen LogP) is 1.14. The minimum Gasteiger partial charge on any atom is -0.356 e. The first kappa shape index (κ1) is 19.5. The van der Waals surface area contributed by atoms with Gasteiger partial charge in [0.2, 0.25) is 5.91 Å². The third-order valence-electron chi connectivity index (χ3n) is 3.84. The number of amides is 1. The Bertz CT molecular complexity index is 667. The zero-order chi connectivity index (χ0) is 18.6. The minimum absolute atomic E-state index is 0.0225. The highest BCUT2D eigenvalue weighted by molar-refractivity contribution is 5.84. The molecule has 1 aromatic carbocycles. The van der Waals surface area contributed by atoms with E-state index >= 15 is 0 Å². The largest absolute Gasteiger partial charge is 0.356 e. The van der Waals surface area contributed by atoms with Crippen LogP contribution < -0.4 is 10.6 Å². The van der Waals surface area contributed by atoms with E-state index in [0.29, 0.717) is 5.96 Å². The van der Waals surface area contributed by atoms with E-state index < -0.39 is 0 Å². The molecular weight excluding hydrogens is 328 g/mol. The maximum atomic E-state index is 11.8. The van der Waals surface area contributed by atoms with E-state index in [2.05, 4.69) is 32.9 Å². The summed E-state index contributed by atoms with van der Waals surface area (Å²) in [4.78, 5) is 17.7. The van der Waals surface area contributed by atoms with Gasteiger partial charge in [-0.15, -0.1) is 0 Å². The van der Waals surface area contributed by atoms with E-state index in [9.17, 15) is 4.79 Å². The predicted molar refractivity (Wildman–Crippen MR) is 104 cm³/mol. The maximum absolute atomic E-state index is 11.8. The molecule has 0 aliphatic carbocycles. The SMILES string of the molecule is CN(C)C(=O)CN=C(NCCCn1cccn1)NCCc1ccccc1. The van der Waals surface area contributed by atoms with Crippen LogP contribution in [0.25, 0.3) is 0 Å². The standard InChI is InChI=1S/C19H28N6O/c1-24(2)18(26)16-22-19(20-11-6-14-25-15-7-12-23-25)21-13-10-17-8-4-3-5-9-17/h3-5,7-9,12,15H,6,10-11,13-14,16H2,1-2H3,(H2,20,21,22). The summed E-state index contributed by atoms with van der Waals surface area (Å²) in [6.45, 7) is 2.49. The highest BCUT2D eigenvalue weighted by atomic mass is 16.2. The molecule has 0 saturated carbocycles. The van der Waals surface area contributed by atoms with E-state index in [1.54, 1.807) is 25.2 Å². The molecule has 7 nitrogen and oxygen atoms in total. The van der Waals surface area contributed by atoms with Crippen LogP contribution in [0.2, 0.25) is 0 Å². The number of aromatic nitrogens is 2. The zero-order valence-electron chi connectivity index (χ0n) is 15.6. The van der Waals surface area contributed by atoms with Crippen molar-refractivity contribution in [2.24, 2.45) is 4.99 Å². The first-order chi connectivity index (χ1) is 12.6. The van der Waals surface area contributed by atoms with Gasteiger partial charge in [0.15, 0.2) is 5.96 Å². The van der Waals surface area contributed by atoms with Crippen LogP contribution in [0.4, 0.5) is 0 Å². The first-order valence-corrected chi connectivity index (χ1v) is 8.89. The Morgan fingerprint density at radius 1 is 1.15 bits per heavy atom. The molecule has 26 heavy (non-hydrogen) atoms. The molecule has 0 unspecified atom stereocenters. The maximum Gasteiger partial charge on any atom is 0.243 e. The van der Waals surface area contributed by atoms with Gasteiger partial charge < -0.3 is 15.5 Å². The number of nitrogens with zero attached hydrogens (tertiary/aromatic N) is 4. The number of hydrogen-bond donors (Lipinski definition) is 2. The number of guanidine groups is 1. The summed E-state index contributed by atoms with van der Waals surface area (Å²) in [6.07, 6.45) is 5.54. The minimum atomic E-state index is -0.0225. The number of nitrogens with one attached hydrogen (secondary N) is 2. The van der Waals surface area contributed by atoms with E-state index in [-0.39, 0.29) is 12.5 Å². The van der Waals surface area contributed by atoms with Crippen LogP contribution in [0, 0.1) is 0 Å². The van der Waals surface area contributed by atoms with Crippen molar-refractivity contribution in [1.82, 2.24) is 25.3 Å². The molecule has 1 aromatic heterocycles. The van der Waals surface area contributed by atoms with Gasteiger partial charge in [0, 0.05) is 46.1 Å². The van der Waals surface area contributed by atoms with Gasteiger partial charge in [-0.1, -0.05) is 30.3 Å². The summed E-state index contributed by atoms with van der Waals surface area (Å²) in [5.41, 5.74) is 1.27. The third kappa shape index (κ3) is 7.38. The van der Waals surface area contributed by atoms with Gasteiger partial charge in [-0.3, -0.25) is 9.48 Å². The average molecular weight is 356 g/mol.